The van der Waals surface area contributed by atoms with Gasteiger partial charge in [-0.2, -0.15) is 5.10 Å². The van der Waals surface area contributed by atoms with Gasteiger partial charge in [-0.15, -0.1) is 5.10 Å². The Bertz CT molecular complexity index is 623. The molecule has 2 heterocycles. The minimum absolute atomic E-state index is 0.165. The number of nitrogens with zero attached hydrogens (tertiary/aromatic N) is 5. The molecule has 0 spiro atoms. The number of carboxylic acid groups (broad SMARTS) is 1. The maximum absolute atomic E-state index is 11.2. The average molecular weight is 250 g/mol. The molecular formula is C9H10N6O3. The molecule has 18 heavy (non-hydrogen) atoms. The third-order valence-electron chi connectivity index (χ3n) is 2.43. The minimum atomic E-state index is -1.32. The molecule has 2 N–H and O–H groups in total. The summed E-state index contributed by atoms with van der Waals surface area (Å²) in [4.78, 5) is 22.1. The highest BCUT2D eigenvalue weighted by Gasteiger charge is 2.34. The van der Waals surface area contributed by atoms with Crippen LogP contribution in [0.2, 0.25) is 0 Å². The Morgan fingerprint density at radius 2 is 2.17 bits per heavy atom. The van der Waals surface area contributed by atoms with Gasteiger partial charge in [0.2, 0.25) is 5.82 Å². The van der Waals surface area contributed by atoms with Crippen LogP contribution < -0.4 is 5.56 Å². The van der Waals surface area contributed by atoms with Crippen molar-refractivity contribution < 1.29 is 9.90 Å². The summed E-state index contributed by atoms with van der Waals surface area (Å²) in [5.41, 5.74) is -1.40. The lowest BCUT2D eigenvalue weighted by atomic mass is 10.1. The van der Waals surface area contributed by atoms with Crippen LogP contribution in [0.15, 0.2) is 16.9 Å². The van der Waals surface area contributed by atoms with E-state index in [-0.39, 0.29) is 17.1 Å². The zero-order valence-corrected chi connectivity index (χ0v) is 9.65. The predicted octanol–water partition coefficient (Wildman–Crippen LogP) is -0.757. The molecule has 0 aliphatic carbocycles. The Morgan fingerprint density at radius 3 is 2.72 bits per heavy atom. The Hall–Kier alpha value is -2.58. The van der Waals surface area contributed by atoms with Gasteiger partial charge in [0.15, 0.2) is 5.54 Å². The molecule has 94 valence electrons. The summed E-state index contributed by atoms with van der Waals surface area (Å²) < 4.78 is 1.13. The van der Waals surface area contributed by atoms with Gasteiger partial charge in [-0.05, 0) is 30.3 Å². The number of hydrogen-bond acceptors (Lipinski definition) is 6. The van der Waals surface area contributed by atoms with Gasteiger partial charge < -0.3 is 5.11 Å². The number of aromatic nitrogens is 6. The van der Waals surface area contributed by atoms with Crippen molar-refractivity contribution in [2.45, 2.75) is 19.4 Å². The number of tetrazole rings is 1. The molecule has 0 saturated carbocycles. The first kappa shape index (κ1) is 11.9. The van der Waals surface area contributed by atoms with E-state index < -0.39 is 11.5 Å². The second kappa shape index (κ2) is 4.02. The number of hydrogen-bond donors (Lipinski definition) is 2. The lowest BCUT2D eigenvalue weighted by molar-refractivity contribution is -0.146. The zero-order valence-electron chi connectivity index (χ0n) is 9.65. The van der Waals surface area contributed by atoms with E-state index in [0.717, 1.165) is 4.68 Å². The van der Waals surface area contributed by atoms with Crippen LogP contribution in [0.5, 0.6) is 0 Å². The van der Waals surface area contributed by atoms with E-state index in [2.05, 4.69) is 25.7 Å². The normalized spacial score (nSPS) is 11.4. The van der Waals surface area contributed by atoms with Gasteiger partial charge in [-0.1, -0.05) is 0 Å². The van der Waals surface area contributed by atoms with Crippen LogP contribution in [0, 0.1) is 0 Å². The Balaban J connectivity index is 2.55. The fourth-order valence-corrected chi connectivity index (χ4v) is 1.28. The molecule has 2 rings (SSSR count). The first-order valence-electron chi connectivity index (χ1n) is 5.01. The topological polar surface area (TPSA) is 127 Å². The van der Waals surface area contributed by atoms with E-state index in [4.69, 9.17) is 5.11 Å². The Morgan fingerprint density at radius 1 is 1.44 bits per heavy atom. The average Bonchev–Trinajstić information content (AvgIpc) is 2.79. The van der Waals surface area contributed by atoms with Crippen LogP contribution in [0.1, 0.15) is 13.8 Å². The first-order valence-corrected chi connectivity index (χ1v) is 5.01. The second-order valence-electron chi connectivity index (χ2n) is 4.08. The largest absolute Gasteiger partial charge is 0.479 e. The van der Waals surface area contributed by atoms with Crippen LogP contribution in [0.4, 0.5) is 0 Å². The molecule has 0 saturated heterocycles. The second-order valence-corrected chi connectivity index (χ2v) is 4.08. The molecule has 9 heteroatoms. The third-order valence-corrected chi connectivity index (χ3v) is 2.43. The van der Waals surface area contributed by atoms with Gasteiger partial charge >= 0.3 is 5.97 Å². The number of rotatable bonds is 3. The quantitative estimate of drug-likeness (QED) is 0.733. The molecule has 0 atom stereocenters. The van der Waals surface area contributed by atoms with E-state index in [9.17, 15) is 9.59 Å². The first-order chi connectivity index (χ1) is 8.43. The highest BCUT2D eigenvalue weighted by Crippen LogP contribution is 2.20. The van der Waals surface area contributed by atoms with Crippen molar-refractivity contribution in [1.82, 2.24) is 30.4 Å². The summed E-state index contributed by atoms with van der Waals surface area (Å²) in [6.07, 6.45) is 0. The smallest absolute Gasteiger partial charge is 0.331 e. The summed E-state index contributed by atoms with van der Waals surface area (Å²) in [6, 6.07) is 2.67. The van der Waals surface area contributed by atoms with Crippen LogP contribution in [0.25, 0.3) is 11.5 Å². The summed E-state index contributed by atoms with van der Waals surface area (Å²) in [5.74, 6) is -0.917. The van der Waals surface area contributed by atoms with Crippen molar-refractivity contribution in [3.63, 3.8) is 0 Å². The van der Waals surface area contributed by atoms with Gasteiger partial charge in [-0.3, -0.25) is 4.79 Å². The van der Waals surface area contributed by atoms with Crippen molar-refractivity contribution in [3.8, 4) is 11.5 Å². The van der Waals surface area contributed by atoms with Crippen LogP contribution in [-0.2, 0) is 10.3 Å². The monoisotopic (exact) mass is 250 g/mol. The number of carboxylic acids is 1. The molecule has 0 radical (unpaired) electrons. The SMILES string of the molecule is CC(C)(C(=O)O)n1nnnc1-c1ccc(=O)[nH]n1. The molecule has 0 aliphatic heterocycles. The number of aliphatic carboxylic acids is 1. The molecule has 0 bridgehead atoms. The number of nitrogens with one attached hydrogen (secondary N) is 1. The molecule has 9 nitrogen and oxygen atoms in total. The highest BCUT2D eigenvalue weighted by atomic mass is 16.4. The van der Waals surface area contributed by atoms with E-state index in [1.807, 2.05) is 0 Å². The third kappa shape index (κ3) is 1.85. The predicted molar refractivity (Wildman–Crippen MR) is 58.6 cm³/mol. The number of aromatic amines is 1. The van der Waals surface area contributed by atoms with Crippen molar-refractivity contribution in [2.75, 3.05) is 0 Å². The summed E-state index contributed by atoms with van der Waals surface area (Å²) in [7, 11) is 0. The van der Waals surface area contributed by atoms with E-state index in [1.165, 1.54) is 26.0 Å². The fraction of sp³-hybridized carbons (Fsp3) is 0.333. The molecule has 0 amide bonds. The van der Waals surface area contributed by atoms with Crippen molar-refractivity contribution >= 4 is 5.97 Å². The van der Waals surface area contributed by atoms with E-state index in [0.29, 0.717) is 0 Å². The molecule has 0 aliphatic rings. The Labute approximate surface area is 100 Å². The molecule has 2 aromatic rings. The molecule has 0 aromatic carbocycles. The van der Waals surface area contributed by atoms with Gasteiger partial charge in [0, 0.05) is 6.07 Å². The van der Waals surface area contributed by atoms with Crippen molar-refractivity contribution in [3.05, 3.63) is 22.5 Å². The molecular weight excluding hydrogens is 240 g/mol. The zero-order chi connectivity index (χ0) is 13.3. The molecule has 0 unspecified atom stereocenters. The van der Waals surface area contributed by atoms with Crippen molar-refractivity contribution in [2.24, 2.45) is 0 Å². The standard InChI is InChI=1S/C9H10N6O3/c1-9(2,8(17)18)15-7(12-13-14-15)5-3-4-6(16)11-10-5/h3-4H,1-2H3,(H,11,16)(H,17,18). The molecule has 2 aromatic heterocycles. The summed E-state index contributed by atoms with van der Waals surface area (Å²) in [5, 5.41) is 25.9. The van der Waals surface area contributed by atoms with Gasteiger partial charge in [0.25, 0.3) is 5.56 Å². The van der Waals surface area contributed by atoms with E-state index >= 15 is 0 Å². The summed E-state index contributed by atoms with van der Waals surface area (Å²) in [6.45, 7) is 2.92. The highest BCUT2D eigenvalue weighted by molar-refractivity contribution is 5.76. The van der Waals surface area contributed by atoms with Gasteiger partial charge in [0.05, 0.1) is 0 Å². The van der Waals surface area contributed by atoms with E-state index in [1.54, 1.807) is 0 Å². The minimum Gasteiger partial charge on any atom is -0.479 e. The maximum Gasteiger partial charge on any atom is 0.331 e. The fourth-order valence-electron chi connectivity index (χ4n) is 1.28. The van der Waals surface area contributed by atoms with Crippen LogP contribution in [0.3, 0.4) is 0 Å². The number of H-pyrrole nitrogens is 1. The maximum atomic E-state index is 11.2. The van der Waals surface area contributed by atoms with Crippen molar-refractivity contribution in [1.29, 1.82) is 0 Å². The Kier molecular flexibility index (Phi) is 2.66. The summed E-state index contributed by atoms with van der Waals surface area (Å²) >= 11 is 0. The lowest BCUT2D eigenvalue weighted by Gasteiger charge is -2.19. The van der Waals surface area contributed by atoms with Gasteiger partial charge in [0.1, 0.15) is 5.69 Å². The lowest BCUT2D eigenvalue weighted by Crippen LogP contribution is -2.37. The van der Waals surface area contributed by atoms with Crippen LogP contribution in [-0.4, -0.2) is 41.5 Å². The number of carbonyl (C=O) groups is 1. The van der Waals surface area contributed by atoms with Crippen LogP contribution >= 0.6 is 0 Å². The molecule has 0 fully saturated rings. The van der Waals surface area contributed by atoms with Gasteiger partial charge in [-0.25, -0.2) is 14.6 Å².